The average molecular weight is 375 g/mol. The van der Waals surface area contributed by atoms with E-state index in [1.807, 2.05) is 6.92 Å². The number of rotatable bonds is 4. The predicted octanol–water partition coefficient (Wildman–Crippen LogP) is 4.04. The Bertz CT molecular complexity index is 1230. The minimum Gasteiger partial charge on any atom is -0.507 e. The molecule has 2 aromatic heterocycles. The fraction of sp³-hybridized carbons (Fsp3) is 0.0500. The third kappa shape index (κ3) is 2.96. The lowest BCUT2D eigenvalue weighted by Crippen LogP contribution is -2.03. The Morgan fingerprint density at radius 3 is 2.61 bits per heavy atom. The summed E-state index contributed by atoms with van der Waals surface area (Å²) in [7, 11) is 0. The van der Waals surface area contributed by atoms with Crippen molar-refractivity contribution in [2.24, 2.45) is 0 Å². The molecule has 2 aromatic carbocycles. The van der Waals surface area contributed by atoms with E-state index in [0.29, 0.717) is 16.6 Å². The summed E-state index contributed by atoms with van der Waals surface area (Å²) in [5.41, 5.74) is 2.48. The van der Waals surface area contributed by atoms with E-state index in [9.17, 15) is 20.0 Å². The number of carbonyl (C=O) groups excluding carboxylic acids is 1. The van der Waals surface area contributed by atoms with Crippen molar-refractivity contribution in [3.05, 3.63) is 81.5 Å². The molecule has 0 fully saturated rings. The van der Waals surface area contributed by atoms with Crippen molar-refractivity contribution in [1.82, 2.24) is 10.1 Å². The van der Waals surface area contributed by atoms with Gasteiger partial charge in [0.1, 0.15) is 11.4 Å². The molecule has 4 rings (SSSR count). The van der Waals surface area contributed by atoms with E-state index in [1.54, 1.807) is 30.3 Å². The van der Waals surface area contributed by atoms with Crippen LogP contribution in [-0.2, 0) is 0 Å². The van der Waals surface area contributed by atoms with Crippen LogP contribution in [0.5, 0.6) is 5.75 Å². The Labute approximate surface area is 158 Å². The van der Waals surface area contributed by atoms with Crippen LogP contribution in [0.3, 0.4) is 0 Å². The molecule has 2 heterocycles. The number of nitro benzene ring substituents is 1. The average Bonchev–Trinajstić information content (AvgIpc) is 3.12. The van der Waals surface area contributed by atoms with Crippen molar-refractivity contribution in [3.8, 4) is 17.0 Å². The van der Waals surface area contributed by atoms with Crippen LogP contribution in [0, 0.1) is 17.0 Å². The van der Waals surface area contributed by atoms with Crippen molar-refractivity contribution >= 4 is 22.6 Å². The number of hydrogen-bond acceptors (Lipinski definition) is 7. The lowest BCUT2D eigenvalue weighted by molar-refractivity contribution is -0.384. The second-order valence-corrected chi connectivity index (χ2v) is 6.26. The van der Waals surface area contributed by atoms with E-state index in [0.717, 1.165) is 5.56 Å². The van der Waals surface area contributed by atoms with Crippen LogP contribution in [-0.4, -0.2) is 26.0 Å². The highest BCUT2D eigenvalue weighted by Crippen LogP contribution is 2.30. The number of aromatic hydroxyl groups is 1. The van der Waals surface area contributed by atoms with Crippen molar-refractivity contribution in [2.75, 3.05) is 0 Å². The zero-order valence-electron chi connectivity index (χ0n) is 14.6. The molecule has 0 spiro atoms. The van der Waals surface area contributed by atoms with Gasteiger partial charge in [-0.05, 0) is 37.3 Å². The molecule has 0 aliphatic heterocycles. The molecule has 0 aliphatic carbocycles. The molecule has 28 heavy (non-hydrogen) atoms. The quantitative estimate of drug-likeness (QED) is 0.325. The van der Waals surface area contributed by atoms with Crippen molar-refractivity contribution < 1.29 is 19.3 Å². The van der Waals surface area contributed by atoms with Gasteiger partial charge in [0.05, 0.1) is 15.9 Å². The largest absolute Gasteiger partial charge is 0.507 e. The second-order valence-electron chi connectivity index (χ2n) is 6.26. The summed E-state index contributed by atoms with van der Waals surface area (Å²) in [5, 5.41) is 25.3. The molecule has 0 unspecified atom stereocenters. The smallest absolute Gasteiger partial charge is 0.269 e. The molecule has 0 saturated carbocycles. The number of non-ortho nitro benzene ring substituents is 1. The number of nitro groups is 1. The van der Waals surface area contributed by atoms with E-state index in [4.69, 9.17) is 4.52 Å². The maximum absolute atomic E-state index is 12.8. The maximum Gasteiger partial charge on any atom is 0.269 e. The summed E-state index contributed by atoms with van der Waals surface area (Å²) in [6.07, 6.45) is 1.36. The molecule has 8 heteroatoms. The summed E-state index contributed by atoms with van der Waals surface area (Å²) in [5.74, 6) is -0.497. The Hall–Kier alpha value is -4.07. The fourth-order valence-electron chi connectivity index (χ4n) is 2.89. The van der Waals surface area contributed by atoms with Gasteiger partial charge in [-0.2, -0.15) is 0 Å². The number of phenols is 1. The van der Waals surface area contributed by atoms with Gasteiger partial charge in [0.2, 0.25) is 0 Å². The van der Waals surface area contributed by atoms with Gasteiger partial charge in [0.25, 0.3) is 11.4 Å². The SMILES string of the molecule is Cc1ccc(O)c(C(=O)c2cnc3onc(-c4ccc([N+](=O)[O-])cc4)c3c2)c1. The fourth-order valence-corrected chi connectivity index (χ4v) is 2.89. The Morgan fingerprint density at radius 2 is 1.89 bits per heavy atom. The van der Waals surface area contributed by atoms with E-state index < -0.39 is 4.92 Å². The van der Waals surface area contributed by atoms with Gasteiger partial charge >= 0.3 is 0 Å². The number of carbonyl (C=O) groups is 1. The molecule has 1 N–H and O–H groups in total. The van der Waals surface area contributed by atoms with Gasteiger partial charge < -0.3 is 9.63 Å². The van der Waals surface area contributed by atoms with E-state index in [1.165, 1.54) is 24.4 Å². The Morgan fingerprint density at radius 1 is 1.14 bits per heavy atom. The van der Waals surface area contributed by atoms with Crippen LogP contribution in [0.2, 0.25) is 0 Å². The Balaban J connectivity index is 1.79. The first-order valence-electron chi connectivity index (χ1n) is 8.28. The van der Waals surface area contributed by atoms with E-state index in [-0.39, 0.29) is 34.1 Å². The number of phenolic OH excluding ortho intramolecular Hbond substituents is 1. The summed E-state index contributed by atoms with van der Waals surface area (Å²) in [4.78, 5) is 27.3. The van der Waals surface area contributed by atoms with Crippen LogP contribution < -0.4 is 0 Å². The molecule has 4 aromatic rings. The van der Waals surface area contributed by atoms with E-state index >= 15 is 0 Å². The van der Waals surface area contributed by atoms with Crippen LogP contribution in [0.15, 0.2) is 59.3 Å². The van der Waals surface area contributed by atoms with Crippen molar-refractivity contribution in [2.45, 2.75) is 6.92 Å². The van der Waals surface area contributed by atoms with Crippen molar-refractivity contribution in [3.63, 3.8) is 0 Å². The molecule has 138 valence electrons. The standard InChI is InChI=1S/C20H13N3O5/c1-11-2-7-17(24)15(8-11)19(25)13-9-16-18(22-28-20(16)21-10-13)12-3-5-14(6-4-12)23(26)27/h2-10,24H,1H3. The summed E-state index contributed by atoms with van der Waals surface area (Å²) >= 11 is 0. The van der Waals surface area contributed by atoms with Gasteiger partial charge in [0.15, 0.2) is 5.78 Å². The molecule has 8 nitrogen and oxygen atoms in total. The minimum absolute atomic E-state index is 0.0412. The molecule has 0 bridgehead atoms. The first-order valence-corrected chi connectivity index (χ1v) is 8.28. The summed E-state index contributed by atoms with van der Waals surface area (Å²) < 4.78 is 5.21. The number of ketones is 1. The molecule has 0 saturated heterocycles. The highest BCUT2D eigenvalue weighted by atomic mass is 16.6. The zero-order chi connectivity index (χ0) is 19.8. The number of fused-ring (bicyclic) bond motifs is 1. The number of nitrogens with zero attached hydrogens (tertiary/aromatic N) is 3. The molecule has 0 atom stereocenters. The maximum atomic E-state index is 12.8. The van der Waals surface area contributed by atoms with Gasteiger partial charge in [-0.25, -0.2) is 4.98 Å². The number of aryl methyl sites for hydroxylation is 1. The summed E-state index contributed by atoms with van der Waals surface area (Å²) in [6.45, 7) is 1.82. The highest BCUT2D eigenvalue weighted by molar-refractivity contribution is 6.12. The monoisotopic (exact) mass is 375 g/mol. The topological polar surface area (TPSA) is 119 Å². The number of aromatic nitrogens is 2. The normalized spacial score (nSPS) is 10.9. The van der Waals surface area contributed by atoms with Gasteiger partial charge in [0, 0.05) is 29.5 Å². The molecular formula is C20H13N3O5. The third-order valence-electron chi connectivity index (χ3n) is 4.34. The second kappa shape index (κ2) is 6.58. The lowest BCUT2D eigenvalue weighted by atomic mass is 10.0. The predicted molar refractivity (Wildman–Crippen MR) is 100 cm³/mol. The first-order chi connectivity index (χ1) is 13.4. The summed E-state index contributed by atoms with van der Waals surface area (Å²) in [6, 6.07) is 12.2. The van der Waals surface area contributed by atoms with E-state index in [2.05, 4.69) is 10.1 Å². The van der Waals surface area contributed by atoms with Crippen molar-refractivity contribution in [1.29, 1.82) is 0 Å². The van der Waals surface area contributed by atoms with Crippen LogP contribution in [0.1, 0.15) is 21.5 Å². The number of pyridine rings is 1. The minimum atomic E-state index is -0.489. The van der Waals surface area contributed by atoms with Gasteiger partial charge in [-0.1, -0.05) is 16.8 Å². The number of benzene rings is 2. The first kappa shape index (κ1) is 17.3. The van der Waals surface area contributed by atoms with Crippen LogP contribution >= 0.6 is 0 Å². The lowest BCUT2D eigenvalue weighted by Gasteiger charge is -2.05. The van der Waals surface area contributed by atoms with Gasteiger partial charge in [-0.3, -0.25) is 14.9 Å². The molecule has 0 radical (unpaired) electrons. The Kier molecular flexibility index (Phi) is 4.08. The van der Waals surface area contributed by atoms with Crippen LogP contribution in [0.4, 0.5) is 5.69 Å². The van der Waals surface area contributed by atoms with Gasteiger partial charge in [-0.15, -0.1) is 0 Å². The number of hydrogen-bond donors (Lipinski definition) is 1. The molecular weight excluding hydrogens is 362 g/mol. The van der Waals surface area contributed by atoms with Crippen LogP contribution in [0.25, 0.3) is 22.4 Å². The molecule has 0 amide bonds. The highest BCUT2D eigenvalue weighted by Gasteiger charge is 2.19. The zero-order valence-corrected chi connectivity index (χ0v) is 14.6. The third-order valence-corrected chi connectivity index (χ3v) is 4.34. The molecule has 0 aliphatic rings.